The monoisotopic (exact) mass is 346 g/mol. The van der Waals surface area contributed by atoms with Crippen molar-refractivity contribution in [2.75, 3.05) is 13.1 Å². The Bertz CT molecular complexity index is 728. The molecule has 3 nitrogen and oxygen atoms in total. The minimum Gasteiger partial charge on any atom is -0.351 e. The predicted octanol–water partition coefficient (Wildman–Crippen LogP) is 3.82. The number of thiophene rings is 1. The summed E-state index contributed by atoms with van der Waals surface area (Å²) >= 11 is 1.81. The van der Waals surface area contributed by atoms with Crippen molar-refractivity contribution >= 4 is 17.2 Å². The summed E-state index contributed by atoms with van der Waals surface area (Å²) < 4.78 is 13.6. The van der Waals surface area contributed by atoms with Crippen LogP contribution in [0, 0.1) is 12.7 Å². The van der Waals surface area contributed by atoms with E-state index in [1.54, 1.807) is 13.0 Å². The lowest BCUT2D eigenvalue weighted by Gasteiger charge is -2.34. The van der Waals surface area contributed by atoms with Crippen molar-refractivity contribution < 1.29 is 9.18 Å². The van der Waals surface area contributed by atoms with Crippen LogP contribution in [0.25, 0.3) is 0 Å². The number of nitrogens with one attached hydrogen (secondary N) is 1. The Hall–Kier alpha value is -1.72. The first-order chi connectivity index (χ1) is 11.6. The third-order valence-corrected chi connectivity index (χ3v) is 5.66. The maximum Gasteiger partial charge on any atom is 0.234 e. The van der Waals surface area contributed by atoms with Gasteiger partial charge < -0.3 is 5.32 Å². The first kappa shape index (κ1) is 17.1. The summed E-state index contributed by atoms with van der Waals surface area (Å²) in [5.41, 5.74) is 2.79. The van der Waals surface area contributed by atoms with E-state index in [1.807, 2.05) is 17.4 Å². The molecule has 1 atom stereocenters. The van der Waals surface area contributed by atoms with E-state index in [9.17, 15) is 9.18 Å². The van der Waals surface area contributed by atoms with Crippen molar-refractivity contribution in [2.45, 2.75) is 39.3 Å². The van der Waals surface area contributed by atoms with E-state index >= 15 is 0 Å². The summed E-state index contributed by atoms with van der Waals surface area (Å²) in [6.07, 6.45) is 2.01. The Morgan fingerprint density at radius 1 is 1.42 bits per heavy atom. The van der Waals surface area contributed by atoms with Gasteiger partial charge in [-0.3, -0.25) is 9.69 Å². The standard InChI is InChI=1S/C19H23FN2OS/c1-3-17-15-7-9-24-18(15)6-8-22(17)12-19(23)21-11-14-5-4-13(2)16(20)10-14/h4-5,7,9-10,17H,3,6,8,11-12H2,1-2H3,(H,21,23)/t17-/m1/s1. The maximum absolute atomic E-state index is 13.6. The van der Waals surface area contributed by atoms with Crippen LogP contribution in [-0.4, -0.2) is 23.9 Å². The quantitative estimate of drug-likeness (QED) is 0.893. The molecule has 2 aromatic rings. The minimum absolute atomic E-state index is 0.00638. The molecule has 5 heteroatoms. The van der Waals surface area contributed by atoms with Crippen molar-refractivity contribution in [3.05, 3.63) is 57.0 Å². The van der Waals surface area contributed by atoms with Gasteiger partial charge in [-0.25, -0.2) is 4.39 Å². The summed E-state index contributed by atoms with van der Waals surface area (Å²) in [6, 6.07) is 7.59. The fourth-order valence-corrected chi connectivity index (χ4v) is 4.23. The van der Waals surface area contributed by atoms with Gasteiger partial charge in [-0.15, -0.1) is 11.3 Å². The molecule has 0 saturated carbocycles. The highest BCUT2D eigenvalue weighted by atomic mass is 32.1. The minimum atomic E-state index is -0.228. The molecule has 1 aliphatic rings. The second-order valence-corrected chi connectivity index (χ2v) is 7.30. The van der Waals surface area contributed by atoms with Crippen molar-refractivity contribution in [2.24, 2.45) is 0 Å². The normalized spacial score (nSPS) is 17.5. The molecule has 0 fully saturated rings. The number of halogens is 1. The van der Waals surface area contributed by atoms with Crippen LogP contribution in [0.1, 0.15) is 41.0 Å². The summed E-state index contributed by atoms with van der Waals surface area (Å²) in [7, 11) is 0. The van der Waals surface area contributed by atoms with Crippen LogP contribution in [0.4, 0.5) is 4.39 Å². The Labute approximate surface area is 146 Å². The molecular weight excluding hydrogens is 323 g/mol. The van der Waals surface area contributed by atoms with Gasteiger partial charge in [0, 0.05) is 24.0 Å². The molecule has 1 aliphatic heterocycles. The molecule has 3 rings (SSSR count). The number of carbonyl (C=O) groups is 1. The van der Waals surface area contributed by atoms with Gasteiger partial charge in [-0.2, -0.15) is 0 Å². The summed E-state index contributed by atoms with van der Waals surface area (Å²) in [6.45, 7) is 5.57. The molecule has 0 radical (unpaired) electrons. The maximum atomic E-state index is 13.6. The molecule has 1 amide bonds. The fourth-order valence-electron chi connectivity index (χ4n) is 3.30. The van der Waals surface area contributed by atoms with E-state index in [2.05, 4.69) is 28.6 Å². The van der Waals surface area contributed by atoms with Crippen molar-refractivity contribution in [3.8, 4) is 0 Å². The average Bonchev–Trinajstić information content (AvgIpc) is 3.04. The number of carbonyl (C=O) groups excluding carboxylic acids is 1. The lowest BCUT2D eigenvalue weighted by Crippen LogP contribution is -2.42. The zero-order valence-corrected chi connectivity index (χ0v) is 15.0. The Morgan fingerprint density at radius 2 is 2.25 bits per heavy atom. The zero-order valence-electron chi connectivity index (χ0n) is 14.1. The van der Waals surface area contributed by atoms with Crippen molar-refractivity contribution in [1.82, 2.24) is 10.2 Å². The number of rotatable bonds is 5. The highest BCUT2D eigenvalue weighted by Gasteiger charge is 2.28. The molecule has 0 bridgehead atoms. The Morgan fingerprint density at radius 3 is 3.00 bits per heavy atom. The van der Waals surface area contributed by atoms with E-state index in [-0.39, 0.29) is 11.7 Å². The van der Waals surface area contributed by atoms with Crippen LogP contribution in [-0.2, 0) is 17.8 Å². The SMILES string of the molecule is CC[C@@H]1c2ccsc2CCN1CC(=O)NCc1ccc(C)c(F)c1. The first-order valence-electron chi connectivity index (χ1n) is 8.40. The smallest absolute Gasteiger partial charge is 0.234 e. The Balaban J connectivity index is 1.57. The van der Waals surface area contributed by atoms with Crippen LogP contribution < -0.4 is 5.32 Å². The number of fused-ring (bicyclic) bond motifs is 1. The second-order valence-electron chi connectivity index (χ2n) is 6.30. The van der Waals surface area contributed by atoms with Crippen LogP contribution in [0.3, 0.4) is 0 Å². The fraction of sp³-hybridized carbons (Fsp3) is 0.421. The number of benzene rings is 1. The van der Waals surface area contributed by atoms with Crippen molar-refractivity contribution in [1.29, 1.82) is 0 Å². The Kier molecular flexibility index (Phi) is 5.31. The lowest BCUT2D eigenvalue weighted by molar-refractivity contribution is -0.123. The number of amides is 1. The molecular formula is C19H23FN2OS. The number of hydrogen-bond acceptors (Lipinski definition) is 3. The topological polar surface area (TPSA) is 32.3 Å². The summed E-state index contributed by atoms with van der Waals surface area (Å²) in [4.78, 5) is 16.0. The van der Waals surface area contributed by atoms with E-state index in [0.29, 0.717) is 24.7 Å². The van der Waals surface area contributed by atoms with E-state index in [1.165, 1.54) is 16.5 Å². The largest absolute Gasteiger partial charge is 0.351 e. The number of hydrogen-bond donors (Lipinski definition) is 1. The van der Waals surface area contributed by atoms with Gasteiger partial charge in [0.2, 0.25) is 5.91 Å². The van der Waals surface area contributed by atoms with Gasteiger partial charge in [-0.05, 0) is 54.0 Å². The van der Waals surface area contributed by atoms with E-state index < -0.39 is 0 Å². The van der Waals surface area contributed by atoms with E-state index in [4.69, 9.17) is 0 Å². The van der Waals surface area contributed by atoms with Crippen LogP contribution in [0.15, 0.2) is 29.6 Å². The van der Waals surface area contributed by atoms with Gasteiger partial charge in [-0.1, -0.05) is 19.1 Å². The van der Waals surface area contributed by atoms with Gasteiger partial charge >= 0.3 is 0 Å². The van der Waals surface area contributed by atoms with Gasteiger partial charge in [0.15, 0.2) is 0 Å². The van der Waals surface area contributed by atoms with Gasteiger partial charge in [0.05, 0.1) is 6.54 Å². The summed E-state index contributed by atoms with van der Waals surface area (Å²) in [5.74, 6) is -0.234. The highest BCUT2D eigenvalue weighted by Crippen LogP contribution is 2.34. The molecule has 0 aliphatic carbocycles. The first-order valence-corrected chi connectivity index (χ1v) is 9.28. The lowest BCUT2D eigenvalue weighted by atomic mass is 9.98. The number of nitrogens with zero attached hydrogens (tertiary/aromatic N) is 1. The van der Waals surface area contributed by atoms with Crippen molar-refractivity contribution in [3.63, 3.8) is 0 Å². The summed E-state index contributed by atoms with van der Waals surface area (Å²) in [5, 5.41) is 5.05. The third kappa shape index (κ3) is 3.68. The molecule has 1 N–H and O–H groups in total. The molecule has 1 aromatic heterocycles. The predicted molar refractivity (Wildman–Crippen MR) is 95.6 cm³/mol. The van der Waals surface area contributed by atoms with Crippen LogP contribution >= 0.6 is 11.3 Å². The molecule has 0 unspecified atom stereocenters. The number of aryl methyl sites for hydroxylation is 1. The average molecular weight is 346 g/mol. The van der Waals surface area contributed by atoms with Crippen LogP contribution in [0.2, 0.25) is 0 Å². The molecule has 1 aromatic carbocycles. The molecule has 0 spiro atoms. The molecule has 24 heavy (non-hydrogen) atoms. The third-order valence-electron chi connectivity index (χ3n) is 4.67. The molecule has 2 heterocycles. The van der Waals surface area contributed by atoms with E-state index in [0.717, 1.165) is 24.9 Å². The zero-order chi connectivity index (χ0) is 17.1. The van der Waals surface area contributed by atoms with Crippen LogP contribution in [0.5, 0.6) is 0 Å². The molecule has 0 saturated heterocycles. The molecule has 128 valence electrons. The second kappa shape index (κ2) is 7.45. The van der Waals surface area contributed by atoms with Gasteiger partial charge in [0.25, 0.3) is 0 Å². The highest BCUT2D eigenvalue weighted by molar-refractivity contribution is 7.10. The van der Waals surface area contributed by atoms with Gasteiger partial charge in [0.1, 0.15) is 5.82 Å².